The first-order valence-corrected chi connectivity index (χ1v) is 8.14. The maximum absolute atomic E-state index is 10.8. The maximum Gasteiger partial charge on any atom is 0.150 e. The van der Waals surface area contributed by atoms with Crippen LogP contribution in [0.3, 0.4) is 0 Å². The summed E-state index contributed by atoms with van der Waals surface area (Å²) in [6.45, 7) is 2.12. The molecule has 0 aliphatic heterocycles. The summed E-state index contributed by atoms with van der Waals surface area (Å²) in [7, 11) is 0. The van der Waals surface area contributed by atoms with Gasteiger partial charge in [0, 0.05) is 10.6 Å². The highest BCUT2D eigenvalue weighted by Crippen LogP contribution is 2.27. The molecule has 118 valence electrons. The molecule has 0 N–H and O–H groups in total. The van der Waals surface area contributed by atoms with Crippen molar-refractivity contribution in [1.29, 1.82) is 0 Å². The molecule has 0 aromatic heterocycles. The molecule has 1 nitrogen and oxygen atoms in total. The Morgan fingerprint density at radius 1 is 0.833 bits per heavy atom. The lowest BCUT2D eigenvalue weighted by molar-refractivity contribution is 0.112. The minimum absolute atomic E-state index is 0.577. The highest BCUT2D eigenvalue weighted by molar-refractivity contribution is 6.32. The third kappa shape index (κ3) is 3.47. The minimum Gasteiger partial charge on any atom is -0.298 e. The third-order valence-corrected chi connectivity index (χ3v) is 4.39. The smallest absolute Gasteiger partial charge is 0.150 e. The van der Waals surface area contributed by atoms with E-state index >= 15 is 0 Å². The first-order chi connectivity index (χ1) is 11.7. The van der Waals surface area contributed by atoms with Crippen LogP contribution in [0.2, 0.25) is 5.02 Å². The molecule has 0 atom stereocenters. The number of halogens is 1. The van der Waals surface area contributed by atoms with Crippen molar-refractivity contribution in [3.05, 3.63) is 94.0 Å². The molecule has 0 fully saturated rings. The summed E-state index contributed by atoms with van der Waals surface area (Å²) in [6, 6.07) is 21.9. The van der Waals surface area contributed by atoms with Crippen LogP contribution in [-0.4, -0.2) is 6.29 Å². The zero-order valence-electron chi connectivity index (χ0n) is 13.4. The summed E-state index contributed by atoms with van der Waals surface area (Å²) >= 11 is 6.23. The van der Waals surface area contributed by atoms with Gasteiger partial charge >= 0.3 is 0 Å². The van der Waals surface area contributed by atoms with E-state index in [1.165, 1.54) is 16.7 Å². The minimum atomic E-state index is 0.577. The molecule has 24 heavy (non-hydrogen) atoms. The van der Waals surface area contributed by atoms with Crippen LogP contribution in [0.1, 0.15) is 27.0 Å². The fraction of sp³-hybridized carbons (Fsp3) is 0.0455. The second kappa shape index (κ2) is 7.29. The normalized spacial score (nSPS) is 10.9. The molecule has 0 spiro atoms. The molecule has 3 aromatic carbocycles. The van der Waals surface area contributed by atoms with Crippen molar-refractivity contribution in [2.45, 2.75) is 6.92 Å². The van der Waals surface area contributed by atoms with Crippen LogP contribution < -0.4 is 0 Å². The molecule has 0 saturated heterocycles. The molecule has 0 saturated carbocycles. The predicted molar refractivity (Wildman–Crippen MR) is 102 cm³/mol. The van der Waals surface area contributed by atoms with E-state index in [-0.39, 0.29) is 0 Å². The first kappa shape index (κ1) is 16.2. The Hall–Kier alpha value is -2.64. The highest BCUT2D eigenvalue weighted by atomic mass is 35.5. The summed E-state index contributed by atoms with van der Waals surface area (Å²) in [5, 5.41) is 0.577. The fourth-order valence-electron chi connectivity index (χ4n) is 2.70. The van der Waals surface area contributed by atoms with Crippen molar-refractivity contribution in [2.75, 3.05) is 0 Å². The summed E-state index contributed by atoms with van der Waals surface area (Å²) in [4.78, 5) is 10.8. The molecule has 3 rings (SSSR count). The Morgan fingerprint density at radius 2 is 1.58 bits per heavy atom. The van der Waals surface area contributed by atoms with Crippen LogP contribution in [0, 0.1) is 6.92 Å². The van der Waals surface area contributed by atoms with Gasteiger partial charge < -0.3 is 0 Å². The van der Waals surface area contributed by atoms with Gasteiger partial charge in [0.15, 0.2) is 0 Å². The van der Waals surface area contributed by atoms with Crippen LogP contribution in [0.4, 0.5) is 0 Å². The predicted octanol–water partition coefficient (Wildman–Crippen LogP) is 6.30. The van der Waals surface area contributed by atoms with E-state index in [2.05, 4.69) is 43.3 Å². The molecule has 3 aromatic rings. The molecule has 2 heteroatoms. The number of hydrogen-bond acceptors (Lipinski definition) is 1. The van der Waals surface area contributed by atoms with Crippen molar-refractivity contribution in [2.24, 2.45) is 0 Å². The Kier molecular flexibility index (Phi) is 4.93. The van der Waals surface area contributed by atoms with Gasteiger partial charge in [-0.3, -0.25) is 4.79 Å². The summed E-state index contributed by atoms with van der Waals surface area (Å²) in [5.41, 5.74) is 6.28. The Morgan fingerprint density at radius 3 is 2.29 bits per heavy atom. The van der Waals surface area contributed by atoms with E-state index in [4.69, 9.17) is 11.6 Å². The Balaban J connectivity index is 1.95. The molecule has 0 heterocycles. The van der Waals surface area contributed by atoms with E-state index < -0.39 is 0 Å². The zero-order valence-corrected chi connectivity index (χ0v) is 14.1. The molecular weight excluding hydrogens is 316 g/mol. The molecule has 0 unspecified atom stereocenters. The third-order valence-electron chi connectivity index (χ3n) is 4.06. The topological polar surface area (TPSA) is 17.1 Å². The quantitative estimate of drug-likeness (QED) is 0.405. The molecule has 0 radical (unpaired) electrons. The van der Waals surface area contributed by atoms with E-state index in [0.29, 0.717) is 10.6 Å². The number of hydrogen-bond donors (Lipinski definition) is 0. The number of benzene rings is 3. The highest BCUT2D eigenvalue weighted by Gasteiger charge is 2.04. The van der Waals surface area contributed by atoms with Crippen molar-refractivity contribution < 1.29 is 4.79 Å². The van der Waals surface area contributed by atoms with Gasteiger partial charge in [0.2, 0.25) is 0 Å². The average molecular weight is 333 g/mol. The van der Waals surface area contributed by atoms with Gasteiger partial charge in [0.05, 0.1) is 0 Å². The van der Waals surface area contributed by atoms with E-state index in [9.17, 15) is 4.79 Å². The number of carbonyl (C=O) groups excluding carboxylic acids is 1. The van der Waals surface area contributed by atoms with Gasteiger partial charge in [-0.1, -0.05) is 84.4 Å². The summed E-state index contributed by atoms with van der Waals surface area (Å²) in [6.07, 6.45) is 4.84. The van der Waals surface area contributed by atoms with Crippen LogP contribution in [0.5, 0.6) is 0 Å². The second-order valence-electron chi connectivity index (χ2n) is 5.62. The van der Waals surface area contributed by atoms with E-state index in [1.54, 1.807) is 12.1 Å². The van der Waals surface area contributed by atoms with Gasteiger partial charge in [-0.25, -0.2) is 0 Å². The van der Waals surface area contributed by atoms with Crippen molar-refractivity contribution in [3.8, 4) is 11.1 Å². The molecule has 0 aliphatic carbocycles. The Labute approximate surface area is 147 Å². The lowest BCUT2D eigenvalue weighted by atomic mass is 9.96. The lowest BCUT2D eigenvalue weighted by Crippen LogP contribution is -1.87. The van der Waals surface area contributed by atoms with Crippen LogP contribution in [0.25, 0.3) is 23.3 Å². The number of carbonyl (C=O) groups is 1. The summed E-state index contributed by atoms with van der Waals surface area (Å²) < 4.78 is 0. The van der Waals surface area contributed by atoms with Crippen molar-refractivity contribution in [1.82, 2.24) is 0 Å². The second-order valence-corrected chi connectivity index (χ2v) is 6.03. The summed E-state index contributed by atoms with van der Waals surface area (Å²) in [5.74, 6) is 0. The van der Waals surface area contributed by atoms with Gasteiger partial charge in [-0.2, -0.15) is 0 Å². The zero-order chi connectivity index (χ0) is 16.9. The number of rotatable bonds is 4. The van der Waals surface area contributed by atoms with Crippen LogP contribution >= 0.6 is 11.6 Å². The molecule has 0 aliphatic rings. The maximum atomic E-state index is 10.8. The van der Waals surface area contributed by atoms with Gasteiger partial charge in [0.25, 0.3) is 0 Å². The van der Waals surface area contributed by atoms with Crippen LogP contribution in [0.15, 0.2) is 66.7 Å². The van der Waals surface area contributed by atoms with Crippen LogP contribution in [-0.2, 0) is 0 Å². The van der Waals surface area contributed by atoms with Crippen molar-refractivity contribution in [3.63, 3.8) is 0 Å². The molecular formula is C22H17ClO. The monoisotopic (exact) mass is 332 g/mol. The first-order valence-electron chi connectivity index (χ1n) is 7.77. The standard InChI is InChI=1S/C22H17ClO/c1-16-18(8-5-9-21(16)19-6-3-2-4-7-19)12-13-20-11-10-17(15-24)14-22(20)23/h2-15H,1H3/b13-12+. The lowest BCUT2D eigenvalue weighted by Gasteiger charge is -2.09. The molecule has 0 amide bonds. The van der Waals surface area contributed by atoms with Gasteiger partial charge in [0.1, 0.15) is 6.29 Å². The fourth-order valence-corrected chi connectivity index (χ4v) is 2.95. The largest absolute Gasteiger partial charge is 0.298 e. The Bertz CT molecular complexity index is 895. The SMILES string of the molecule is Cc1c(/C=C/c2ccc(C=O)cc2Cl)cccc1-c1ccccc1. The van der Waals surface area contributed by atoms with Gasteiger partial charge in [-0.15, -0.1) is 0 Å². The van der Waals surface area contributed by atoms with Crippen molar-refractivity contribution >= 4 is 30.0 Å². The van der Waals surface area contributed by atoms with E-state index in [0.717, 1.165) is 17.4 Å². The molecule has 0 bridgehead atoms. The number of aldehydes is 1. The average Bonchev–Trinajstić information content (AvgIpc) is 2.62. The van der Waals surface area contributed by atoms with E-state index in [1.807, 2.05) is 30.3 Å². The van der Waals surface area contributed by atoms with Gasteiger partial charge in [-0.05, 0) is 40.8 Å².